The Morgan fingerprint density at radius 2 is 2.07 bits per heavy atom. The predicted octanol–water partition coefficient (Wildman–Crippen LogP) is 1.65. The minimum absolute atomic E-state index is 0. The molecule has 1 unspecified atom stereocenters. The van der Waals surface area contributed by atoms with Crippen molar-refractivity contribution >= 4 is 17.8 Å². The van der Waals surface area contributed by atoms with Crippen LogP contribution in [0.1, 0.15) is 51.1 Å². The van der Waals surface area contributed by atoms with Crippen molar-refractivity contribution in [3.8, 4) is 0 Å². The number of pyridine rings is 1. The van der Waals surface area contributed by atoms with Crippen LogP contribution in [0.15, 0.2) is 24.4 Å². The van der Waals surface area contributed by atoms with E-state index in [0.29, 0.717) is 25.9 Å². The van der Waals surface area contributed by atoms with Crippen LogP contribution in [0.3, 0.4) is 0 Å². The van der Waals surface area contributed by atoms with Crippen molar-refractivity contribution in [2.75, 3.05) is 26.2 Å². The molecule has 8 nitrogen and oxygen atoms in total. The van der Waals surface area contributed by atoms with E-state index in [1.807, 2.05) is 34.9 Å². The Morgan fingerprint density at radius 1 is 1.27 bits per heavy atom. The molecule has 0 bridgehead atoms. The van der Waals surface area contributed by atoms with Crippen LogP contribution in [-0.2, 0) is 41.4 Å². The van der Waals surface area contributed by atoms with Crippen molar-refractivity contribution in [1.82, 2.24) is 20.1 Å². The maximum atomic E-state index is 12.1. The number of aromatic nitrogens is 1. The second-order valence-corrected chi connectivity index (χ2v) is 7.59. The van der Waals surface area contributed by atoms with Gasteiger partial charge in [-0.3, -0.25) is 24.3 Å². The first-order chi connectivity index (χ1) is 14.0. The molecule has 30 heavy (non-hydrogen) atoms. The summed E-state index contributed by atoms with van der Waals surface area (Å²) in [4.78, 5) is 43.0. The molecule has 0 spiro atoms. The molecular weight excluding hydrogens is 558 g/mol. The SMILES string of the molecule is CC1CCCN1C(=O)CNC(=O)CCCCCN(CC(=O)O)Cc1ccccn1.[Re]. The minimum atomic E-state index is -0.864. The van der Waals surface area contributed by atoms with E-state index in [4.69, 9.17) is 5.11 Å². The summed E-state index contributed by atoms with van der Waals surface area (Å²) in [6.45, 7) is 3.98. The van der Waals surface area contributed by atoms with Crippen molar-refractivity contribution in [1.29, 1.82) is 0 Å². The van der Waals surface area contributed by atoms with Crippen LogP contribution in [0.25, 0.3) is 0 Å². The van der Waals surface area contributed by atoms with Crippen molar-refractivity contribution in [3.63, 3.8) is 0 Å². The first kappa shape index (κ1) is 26.2. The zero-order chi connectivity index (χ0) is 21.1. The van der Waals surface area contributed by atoms with Crippen molar-refractivity contribution < 1.29 is 39.9 Å². The third kappa shape index (κ3) is 9.79. The van der Waals surface area contributed by atoms with Crippen LogP contribution in [-0.4, -0.2) is 69.9 Å². The third-order valence-electron chi connectivity index (χ3n) is 5.16. The Bertz CT molecular complexity index is 674. The second-order valence-electron chi connectivity index (χ2n) is 7.59. The normalized spacial score (nSPS) is 15.7. The Balaban J connectivity index is 0.00000450. The Kier molecular flexibility index (Phi) is 12.4. The number of carboxylic acid groups (broad SMARTS) is 1. The maximum Gasteiger partial charge on any atom is 0.317 e. The minimum Gasteiger partial charge on any atom is -0.480 e. The molecule has 1 radical (unpaired) electrons. The molecule has 0 saturated carbocycles. The van der Waals surface area contributed by atoms with Crippen LogP contribution in [0.5, 0.6) is 0 Å². The fourth-order valence-corrected chi connectivity index (χ4v) is 3.59. The smallest absolute Gasteiger partial charge is 0.317 e. The van der Waals surface area contributed by atoms with Crippen LogP contribution in [0.4, 0.5) is 0 Å². The summed E-state index contributed by atoms with van der Waals surface area (Å²) < 4.78 is 0. The largest absolute Gasteiger partial charge is 0.480 e. The number of hydrogen-bond donors (Lipinski definition) is 2. The van der Waals surface area contributed by atoms with Gasteiger partial charge in [-0.1, -0.05) is 12.5 Å². The monoisotopic (exact) mass is 591 g/mol. The molecule has 1 aromatic heterocycles. The van der Waals surface area contributed by atoms with E-state index in [2.05, 4.69) is 10.3 Å². The molecule has 1 aliphatic heterocycles. The average Bonchev–Trinajstić information content (AvgIpc) is 3.12. The number of amides is 2. The number of aliphatic carboxylic acids is 1. The summed E-state index contributed by atoms with van der Waals surface area (Å²) in [5.74, 6) is -0.986. The van der Waals surface area contributed by atoms with Gasteiger partial charge in [0.15, 0.2) is 0 Å². The van der Waals surface area contributed by atoms with E-state index in [0.717, 1.165) is 37.9 Å². The number of carbonyl (C=O) groups excluding carboxylic acids is 2. The molecule has 167 valence electrons. The summed E-state index contributed by atoms with van der Waals surface area (Å²) in [7, 11) is 0. The van der Waals surface area contributed by atoms with E-state index >= 15 is 0 Å². The van der Waals surface area contributed by atoms with E-state index in [9.17, 15) is 14.4 Å². The number of rotatable bonds is 12. The standard InChI is InChI=1S/C21H32N4O4.Re/c1-17-8-7-13-25(17)20(27)14-23-19(26)10-3-2-6-12-24(16-21(28)29)15-18-9-4-5-11-22-18;/h4-5,9,11,17H,2-3,6-8,10,12-16H2,1H3,(H,23,26)(H,28,29);. The van der Waals surface area contributed by atoms with Crippen LogP contribution in [0, 0.1) is 0 Å². The Hall–Kier alpha value is -1.82. The van der Waals surface area contributed by atoms with E-state index in [1.54, 1.807) is 6.20 Å². The van der Waals surface area contributed by atoms with Crippen LogP contribution in [0.2, 0.25) is 0 Å². The van der Waals surface area contributed by atoms with Gasteiger partial charge in [0, 0.05) is 52.2 Å². The molecule has 0 aliphatic carbocycles. The summed E-state index contributed by atoms with van der Waals surface area (Å²) >= 11 is 0. The summed E-state index contributed by atoms with van der Waals surface area (Å²) in [5, 5.41) is 11.8. The number of likely N-dealkylation sites (tertiary alicyclic amines) is 1. The summed E-state index contributed by atoms with van der Waals surface area (Å²) in [5.41, 5.74) is 0.838. The van der Waals surface area contributed by atoms with Gasteiger partial charge in [-0.25, -0.2) is 0 Å². The summed E-state index contributed by atoms with van der Waals surface area (Å²) in [6, 6.07) is 5.85. The molecule has 1 atom stereocenters. The molecule has 1 saturated heterocycles. The third-order valence-corrected chi connectivity index (χ3v) is 5.16. The predicted molar refractivity (Wildman–Crippen MR) is 109 cm³/mol. The van der Waals surface area contributed by atoms with Crippen molar-refractivity contribution in [2.45, 2.75) is 58.0 Å². The number of nitrogens with one attached hydrogen (secondary N) is 1. The molecule has 1 aliphatic rings. The van der Waals surface area contributed by atoms with Crippen LogP contribution >= 0.6 is 0 Å². The van der Waals surface area contributed by atoms with Gasteiger partial charge in [0.25, 0.3) is 0 Å². The van der Waals surface area contributed by atoms with Gasteiger partial charge in [0.1, 0.15) is 0 Å². The molecule has 1 aromatic rings. The second kappa shape index (κ2) is 14.2. The topological polar surface area (TPSA) is 103 Å². The Labute approximate surface area is 192 Å². The Morgan fingerprint density at radius 3 is 2.70 bits per heavy atom. The zero-order valence-corrected chi connectivity index (χ0v) is 20.3. The van der Waals surface area contributed by atoms with Gasteiger partial charge in [-0.05, 0) is 51.3 Å². The number of carboxylic acids is 1. The maximum absolute atomic E-state index is 12.1. The molecule has 9 heteroatoms. The molecular formula is C21H32N4O4Re. The van der Waals surface area contributed by atoms with Gasteiger partial charge in [0.2, 0.25) is 11.8 Å². The molecule has 2 N–H and O–H groups in total. The molecule has 0 aromatic carbocycles. The van der Waals surface area contributed by atoms with Gasteiger partial charge >= 0.3 is 5.97 Å². The average molecular weight is 591 g/mol. The summed E-state index contributed by atoms with van der Waals surface area (Å²) in [6.07, 6.45) is 6.47. The van der Waals surface area contributed by atoms with Gasteiger partial charge < -0.3 is 15.3 Å². The molecule has 1 fully saturated rings. The number of carbonyl (C=O) groups is 3. The zero-order valence-electron chi connectivity index (χ0n) is 17.6. The first-order valence-electron chi connectivity index (χ1n) is 10.4. The van der Waals surface area contributed by atoms with E-state index in [1.165, 1.54) is 0 Å². The fourth-order valence-electron chi connectivity index (χ4n) is 3.59. The van der Waals surface area contributed by atoms with Gasteiger partial charge in [-0.2, -0.15) is 0 Å². The van der Waals surface area contributed by atoms with Crippen LogP contribution < -0.4 is 5.32 Å². The van der Waals surface area contributed by atoms with Gasteiger partial charge in [-0.15, -0.1) is 0 Å². The first-order valence-corrected chi connectivity index (χ1v) is 10.4. The van der Waals surface area contributed by atoms with E-state index in [-0.39, 0.29) is 51.4 Å². The molecule has 2 amide bonds. The van der Waals surface area contributed by atoms with E-state index < -0.39 is 5.97 Å². The van der Waals surface area contributed by atoms with Crippen molar-refractivity contribution in [2.24, 2.45) is 0 Å². The quantitative estimate of drug-likeness (QED) is 0.359. The number of hydrogen-bond acceptors (Lipinski definition) is 5. The van der Waals surface area contributed by atoms with Crippen molar-refractivity contribution in [3.05, 3.63) is 30.1 Å². The number of nitrogens with zero attached hydrogens (tertiary/aromatic N) is 3. The molecule has 2 heterocycles. The fraction of sp³-hybridized carbons (Fsp3) is 0.619. The number of unbranched alkanes of at least 4 members (excludes halogenated alkanes) is 2. The molecule has 2 rings (SSSR count). The van der Waals surface area contributed by atoms with Gasteiger partial charge in [0.05, 0.1) is 18.8 Å².